The summed E-state index contributed by atoms with van der Waals surface area (Å²) in [6.45, 7) is 2.94. The van der Waals surface area contributed by atoms with Crippen LogP contribution >= 0.6 is 0 Å². The third kappa shape index (κ3) is 2.47. The predicted molar refractivity (Wildman–Crippen MR) is 62.6 cm³/mol. The van der Waals surface area contributed by atoms with Crippen LogP contribution in [0.2, 0.25) is 0 Å². The van der Waals surface area contributed by atoms with Crippen molar-refractivity contribution in [2.75, 3.05) is 19.6 Å². The van der Waals surface area contributed by atoms with Crippen molar-refractivity contribution in [2.24, 2.45) is 17.8 Å². The molecule has 6 heteroatoms. The van der Waals surface area contributed by atoms with Crippen molar-refractivity contribution in [2.45, 2.75) is 19.8 Å². The minimum absolute atomic E-state index is 0.0516. The summed E-state index contributed by atoms with van der Waals surface area (Å²) < 4.78 is 0. The maximum absolute atomic E-state index is 12.3. The number of nitrogens with one attached hydrogen (secondary N) is 1. The first kappa shape index (κ1) is 12.9. The van der Waals surface area contributed by atoms with E-state index in [0.717, 1.165) is 0 Å². The van der Waals surface area contributed by atoms with Crippen LogP contribution in [0.4, 0.5) is 0 Å². The van der Waals surface area contributed by atoms with Crippen molar-refractivity contribution in [3.05, 3.63) is 0 Å². The fourth-order valence-electron chi connectivity index (χ4n) is 2.90. The van der Waals surface area contributed by atoms with Crippen molar-refractivity contribution in [1.29, 1.82) is 0 Å². The number of carbonyl (C=O) groups excluding carboxylic acids is 2. The van der Waals surface area contributed by atoms with Crippen LogP contribution in [0.5, 0.6) is 0 Å². The molecule has 1 unspecified atom stereocenters. The summed E-state index contributed by atoms with van der Waals surface area (Å²) in [6.07, 6.45) is 1.15. The van der Waals surface area contributed by atoms with Gasteiger partial charge in [-0.3, -0.25) is 14.4 Å². The molecule has 0 bridgehead atoms. The molecule has 1 heterocycles. The van der Waals surface area contributed by atoms with E-state index >= 15 is 0 Å². The Balaban J connectivity index is 2.07. The fraction of sp³-hybridized carbons (Fsp3) is 0.750. The number of nitrogens with zero attached hydrogens (tertiary/aromatic N) is 1. The molecule has 0 aromatic carbocycles. The minimum Gasteiger partial charge on any atom is -0.481 e. The lowest BCUT2D eigenvalue weighted by Crippen LogP contribution is -2.52. The maximum atomic E-state index is 12.3. The molecule has 2 aliphatic rings. The Kier molecular flexibility index (Phi) is 3.54. The van der Waals surface area contributed by atoms with E-state index in [1.807, 2.05) is 6.92 Å². The molecule has 2 N–H and O–H groups in total. The molecule has 2 rings (SSSR count). The summed E-state index contributed by atoms with van der Waals surface area (Å²) in [4.78, 5) is 36.2. The number of rotatable bonds is 2. The van der Waals surface area contributed by atoms with Gasteiger partial charge in [0.25, 0.3) is 0 Å². The molecule has 2 amide bonds. The van der Waals surface area contributed by atoms with Gasteiger partial charge in [-0.2, -0.15) is 0 Å². The Morgan fingerprint density at radius 1 is 1.33 bits per heavy atom. The Morgan fingerprint density at radius 3 is 2.61 bits per heavy atom. The van der Waals surface area contributed by atoms with Gasteiger partial charge in [0.05, 0.1) is 18.4 Å². The second-order valence-corrected chi connectivity index (χ2v) is 5.24. The van der Waals surface area contributed by atoms with Gasteiger partial charge < -0.3 is 15.3 Å². The van der Waals surface area contributed by atoms with Crippen LogP contribution < -0.4 is 5.32 Å². The SMILES string of the molecule is CC1C[C@H](C(=O)N2CCNC(=O)C2)[C@H](C(=O)O)C1. The Bertz CT molecular complexity index is 382. The van der Waals surface area contributed by atoms with E-state index in [2.05, 4.69) is 5.32 Å². The molecule has 6 nitrogen and oxygen atoms in total. The van der Waals surface area contributed by atoms with E-state index in [1.165, 1.54) is 4.90 Å². The van der Waals surface area contributed by atoms with Gasteiger partial charge in [-0.25, -0.2) is 0 Å². The average Bonchev–Trinajstić information content (AvgIpc) is 2.70. The summed E-state index contributed by atoms with van der Waals surface area (Å²) in [6, 6.07) is 0. The quantitative estimate of drug-likeness (QED) is 0.708. The monoisotopic (exact) mass is 254 g/mol. The molecule has 0 radical (unpaired) electrons. The maximum Gasteiger partial charge on any atom is 0.307 e. The highest BCUT2D eigenvalue weighted by atomic mass is 16.4. The molecule has 2 fully saturated rings. The highest BCUT2D eigenvalue weighted by Crippen LogP contribution is 2.37. The molecular formula is C12H18N2O4. The lowest BCUT2D eigenvalue weighted by molar-refractivity contribution is -0.150. The van der Waals surface area contributed by atoms with E-state index in [9.17, 15) is 14.4 Å². The zero-order valence-corrected chi connectivity index (χ0v) is 10.4. The average molecular weight is 254 g/mol. The minimum atomic E-state index is -0.904. The number of carboxylic acids is 1. The van der Waals surface area contributed by atoms with Crippen LogP contribution in [0.3, 0.4) is 0 Å². The highest BCUT2D eigenvalue weighted by molar-refractivity contribution is 5.89. The van der Waals surface area contributed by atoms with Crippen LogP contribution in [0.15, 0.2) is 0 Å². The number of hydrogen-bond acceptors (Lipinski definition) is 3. The molecule has 1 aliphatic heterocycles. The van der Waals surface area contributed by atoms with E-state index in [1.54, 1.807) is 0 Å². The summed E-state index contributed by atoms with van der Waals surface area (Å²) in [7, 11) is 0. The van der Waals surface area contributed by atoms with E-state index in [0.29, 0.717) is 25.9 Å². The number of piperazine rings is 1. The largest absolute Gasteiger partial charge is 0.481 e. The standard InChI is InChI=1S/C12H18N2O4/c1-7-4-8(9(5-7)12(17)18)11(16)14-3-2-13-10(15)6-14/h7-9H,2-6H2,1H3,(H,13,15)(H,17,18)/t7?,8-,9+/m0/s1. The first-order valence-electron chi connectivity index (χ1n) is 6.27. The van der Waals surface area contributed by atoms with Gasteiger partial charge in [0, 0.05) is 13.1 Å². The third-order valence-electron chi connectivity index (χ3n) is 3.78. The van der Waals surface area contributed by atoms with Crippen LogP contribution in [0.1, 0.15) is 19.8 Å². The normalized spacial score (nSPS) is 32.2. The van der Waals surface area contributed by atoms with E-state index in [4.69, 9.17) is 5.11 Å². The van der Waals surface area contributed by atoms with Gasteiger partial charge in [-0.05, 0) is 18.8 Å². The van der Waals surface area contributed by atoms with Crippen LogP contribution in [-0.2, 0) is 14.4 Å². The molecule has 1 aliphatic carbocycles. The van der Waals surface area contributed by atoms with Gasteiger partial charge in [-0.15, -0.1) is 0 Å². The van der Waals surface area contributed by atoms with E-state index in [-0.39, 0.29) is 24.3 Å². The molecule has 0 aromatic heterocycles. The second kappa shape index (κ2) is 4.96. The highest BCUT2D eigenvalue weighted by Gasteiger charge is 2.43. The number of aliphatic carboxylic acids is 1. The van der Waals surface area contributed by atoms with Gasteiger partial charge in [0.15, 0.2) is 0 Å². The first-order chi connectivity index (χ1) is 8.49. The summed E-state index contributed by atoms with van der Waals surface area (Å²) in [5, 5.41) is 11.8. The first-order valence-corrected chi connectivity index (χ1v) is 6.27. The van der Waals surface area contributed by atoms with Crippen LogP contribution in [0.25, 0.3) is 0 Å². The number of carbonyl (C=O) groups is 3. The molecule has 1 saturated carbocycles. The molecule has 0 spiro atoms. The molecular weight excluding hydrogens is 236 g/mol. The van der Waals surface area contributed by atoms with Gasteiger partial charge >= 0.3 is 5.97 Å². The Labute approximate surface area is 105 Å². The zero-order chi connectivity index (χ0) is 13.3. The lowest BCUT2D eigenvalue weighted by Gasteiger charge is -2.30. The van der Waals surface area contributed by atoms with Crippen molar-refractivity contribution < 1.29 is 19.5 Å². The number of amides is 2. The van der Waals surface area contributed by atoms with Gasteiger partial charge in [0.2, 0.25) is 11.8 Å². The topological polar surface area (TPSA) is 86.7 Å². The lowest BCUT2D eigenvalue weighted by atomic mass is 9.94. The van der Waals surface area contributed by atoms with E-state index < -0.39 is 17.8 Å². The van der Waals surface area contributed by atoms with Crippen molar-refractivity contribution in [1.82, 2.24) is 10.2 Å². The van der Waals surface area contributed by atoms with Gasteiger partial charge in [-0.1, -0.05) is 6.92 Å². The fourth-order valence-corrected chi connectivity index (χ4v) is 2.90. The number of carboxylic acid groups (broad SMARTS) is 1. The molecule has 3 atom stereocenters. The summed E-state index contributed by atoms with van der Waals surface area (Å²) in [5.74, 6) is -2.08. The van der Waals surface area contributed by atoms with Crippen LogP contribution in [-0.4, -0.2) is 47.4 Å². The predicted octanol–water partition coefficient (Wildman–Crippen LogP) is -0.308. The zero-order valence-electron chi connectivity index (χ0n) is 10.4. The number of hydrogen-bond donors (Lipinski definition) is 2. The summed E-state index contributed by atoms with van der Waals surface area (Å²) >= 11 is 0. The Hall–Kier alpha value is -1.59. The molecule has 18 heavy (non-hydrogen) atoms. The smallest absolute Gasteiger partial charge is 0.307 e. The molecule has 1 saturated heterocycles. The van der Waals surface area contributed by atoms with Crippen molar-refractivity contribution in [3.63, 3.8) is 0 Å². The molecule has 0 aromatic rings. The van der Waals surface area contributed by atoms with Crippen LogP contribution in [0, 0.1) is 17.8 Å². The summed E-state index contributed by atoms with van der Waals surface area (Å²) in [5.41, 5.74) is 0. The Morgan fingerprint density at radius 2 is 2.00 bits per heavy atom. The third-order valence-corrected chi connectivity index (χ3v) is 3.78. The van der Waals surface area contributed by atoms with Gasteiger partial charge in [0.1, 0.15) is 0 Å². The molecule has 100 valence electrons. The van der Waals surface area contributed by atoms with Crippen molar-refractivity contribution in [3.8, 4) is 0 Å². The second-order valence-electron chi connectivity index (χ2n) is 5.24. The van der Waals surface area contributed by atoms with Crippen molar-refractivity contribution >= 4 is 17.8 Å².